The molecule has 1 saturated carbocycles. The van der Waals surface area contributed by atoms with Crippen LogP contribution in [0.2, 0.25) is 0 Å². The normalized spacial score (nSPS) is 16.0. The number of ether oxygens (including phenoxy) is 2. The minimum atomic E-state index is 0.136. The summed E-state index contributed by atoms with van der Waals surface area (Å²) < 4.78 is 15.2. The lowest BCUT2D eigenvalue weighted by Gasteiger charge is -2.27. The molecule has 0 bridgehead atoms. The number of aryl methyl sites for hydroxylation is 2. The maximum atomic E-state index is 13.2. The molecular formula is C26H33N5O3S. The first-order valence-electron chi connectivity index (χ1n) is 12.3. The van der Waals surface area contributed by atoms with E-state index in [-0.39, 0.29) is 5.78 Å². The molecule has 186 valence electrons. The number of nitrogens with zero attached hydrogens (tertiary/aromatic N) is 5. The average molecular weight is 496 g/mol. The van der Waals surface area contributed by atoms with Crippen molar-refractivity contribution in [3.05, 3.63) is 52.8 Å². The van der Waals surface area contributed by atoms with Crippen LogP contribution < -0.4 is 9.64 Å². The molecule has 35 heavy (non-hydrogen) atoms. The van der Waals surface area contributed by atoms with E-state index >= 15 is 0 Å². The highest BCUT2D eigenvalue weighted by Crippen LogP contribution is 2.41. The second kappa shape index (κ2) is 10.5. The number of morpholine rings is 1. The molecule has 0 radical (unpaired) electrons. The van der Waals surface area contributed by atoms with Crippen LogP contribution >= 0.6 is 11.8 Å². The Hall–Kier alpha value is -2.78. The Kier molecular flexibility index (Phi) is 7.15. The maximum absolute atomic E-state index is 13.2. The van der Waals surface area contributed by atoms with Crippen LogP contribution in [0.1, 0.15) is 46.2 Å². The summed E-state index contributed by atoms with van der Waals surface area (Å²) in [5.41, 5.74) is 4.19. The van der Waals surface area contributed by atoms with Crippen molar-refractivity contribution < 1.29 is 14.3 Å². The zero-order chi connectivity index (χ0) is 24.4. The van der Waals surface area contributed by atoms with Crippen LogP contribution in [0.25, 0.3) is 0 Å². The topological polar surface area (TPSA) is 74.4 Å². The number of rotatable bonds is 10. The second-order valence-corrected chi connectivity index (χ2v) is 10.2. The van der Waals surface area contributed by atoms with Gasteiger partial charge in [0.05, 0.1) is 26.1 Å². The van der Waals surface area contributed by atoms with Crippen LogP contribution in [-0.2, 0) is 17.7 Å². The molecule has 0 atom stereocenters. The number of aromatic nitrogens is 4. The Bertz CT molecular complexity index is 1180. The first kappa shape index (κ1) is 23.9. The van der Waals surface area contributed by atoms with Crippen molar-refractivity contribution in [2.45, 2.75) is 50.9 Å². The highest BCUT2D eigenvalue weighted by molar-refractivity contribution is 7.99. The summed E-state index contributed by atoms with van der Waals surface area (Å²) in [6.07, 6.45) is 3.19. The summed E-state index contributed by atoms with van der Waals surface area (Å²) in [5, 5.41) is 9.80. The third-order valence-electron chi connectivity index (χ3n) is 6.84. The predicted molar refractivity (Wildman–Crippen MR) is 137 cm³/mol. The average Bonchev–Trinajstić information content (AvgIpc) is 3.57. The molecule has 0 N–H and O–H groups in total. The number of methoxy groups -OCH3 is 1. The molecule has 1 aliphatic carbocycles. The third-order valence-corrected chi connectivity index (χ3v) is 7.79. The fraction of sp³-hybridized carbons (Fsp3) is 0.500. The molecule has 0 spiro atoms. The molecule has 8 nitrogen and oxygen atoms in total. The van der Waals surface area contributed by atoms with Gasteiger partial charge < -0.3 is 18.9 Å². The summed E-state index contributed by atoms with van der Waals surface area (Å²) in [6.45, 7) is 8.04. The second-order valence-electron chi connectivity index (χ2n) is 9.23. The van der Waals surface area contributed by atoms with E-state index in [0.717, 1.165) is 72.7 Å². The minimum absolute atomic E-state index is 0.136. The smallest absolute Gasteiger partial charge is 0.228 e. The zero-order valence-corrected chi connectivity index (χ0v) is 21.5. The summed E-state index contributed by atoms with van der Waals surface area (Å²) in [5.74, 6) is 2.28. The van der Waals surface area contributed by atoms with E-state index in [4.69, 9.17) is 9.47 Å². The largest absolute Gasteiger partial charge is 0.497 e. The SMILES string of the molecule is COc1ccc(CCn2c(C)cc(C(=O)CSc3nnc(N4CCOCC4)n3C3CC3)c2C)cc1. The minimum Gasteiger partial charge on any atom is -0.497 e. The van der Waals surface area contributed by atoms with Crippen LogP contribution in [0.4, 0.5) is 5.95 Å². The van der Waals surface area contributed by atoms with Crippen LogP contribution in [0.3, 0.4) is 0 Å². The van der Waals surface area contributed by atoms with E-state index in [1.807, 2.05) is 25.1 Å². The number of ketones is 1. The van der Waals surface area contributed by atoms with Gasteiger partial charge in [0.1, 0.15) is 5.75 Å². The molecule has 3 heterocycles. The number of anilines is 1. The third kappa shape index (κ3) is 5.26. The van der Waals surface area contributed by atoms with Gasteiger partial charge in [-0.25, -0.2) is 0 Å². The highest BCUT2D eigenvalue weighted by Gasteiger charge is 2.32. The Morgan fingerprint density at radius 1 is 1.14 bits per heavy atom. The molecule has 1 aliphatic heterocycles. The van der Waals surface area contributed by atoms with Crippen molar-refractivity contribution >= 4 is 23.5 Å². The van der Waals surface area contributed by atoms with E-state index < -0.39 is 0 Å². The lowest BCUT2D eigenvalue weighted by molar-refractivity contribution is 0.102. The summed E-state index contributed by atoms with van der Waals surface area (Å²) in [4.78, 5) is 15.5. The molecule has 9 heteroatoms. The van der Waals surface area contributed by atoms with Gasteiger partial charge in [-0.15, -0.1) is 10.2 Å². The highest BCUT2D eigenvalue weighted by atomic mass is 32.2. The predicted octanol–water partition coefficient (Wildman–Crippen LogP) is 4.09. The van der Waals surface area contributed by atoms with Crippen LogP contribution in [0.5, 0.6) is 5.75 Å². The van der Waals surface area contributed by atoms with Crippen molar-refractivity contribution in [2.75, 3.05) is 44.1 Å². The number of carbonyl (C=O) groups is 1. The molecule has 2 fully saturated rings. The molecule has 1 saturated heterocycles. The van der Waals surface area contributed by atoms with Gasteiger partial charge in [0.15, 0.2) is 10.9 Å². The molecule has 5 rings (SSSR count). The van der Waals surface area contributed by atoms with E-state index in [0.29, 0.717) is 25.0 Å². The lowest BCUT2D eigenvalue weighted by atomic mass is 10.1. The van der Waals surface area contributed by atoms with Gasteiger partial charge in [-0.1, -0.05) is 23.9 Å². The monoisotopic (exact) mass is 495 g/mol. The van der Waals surface area contributed by atoms with Gasteiger partial charge in [-0.3, -0.25) is 9.36 Å². The van der Waals surface area contributed by atoms with E-state index in [9.17, 15) is 4.79 Å². The van der Waals surface area contributed by atoms with Crippen molar-refractivity contribution in [2.24, 2.45) is 0 Å². The molecule has 0 amide bonds. The zero-order valence-electron chi connectivity index (χ0n) is 20.7. The quantitative estimate of drug-likeness (QED) is 0.310. The first-order valence-corrected chi connectivity index (χ1v) is 13.3. The first-order chi connectivity index (χ1) is 17.0. The molecule has 1 aromatic carbocycles. The Labute approximate surface area is 210 Å². The number of carbonyl (C=O) groups excluding carboxylic acids is 1. The fourth-order valence-corrected chi connectivity index (χ4v) is 5.55. The maximum Gasteiger partial charge on any atom is 0.228 e. The van der Waals surface area contributed by atoms with Crippen LogP contribution in [-0.4, -0.2) is 64.3 Å². The summed E-state index contributed by atoms with van der Waals surface area (Å²) >= 11 is 1.50. The summed E-state index contributed by atoms with van der Waals surface area (Å²) in [6, 6.07) is 10.6. The number of hydrogen-bond acceptors (Lipinski definition) is 7. The molecule has 0 unspecified atom stereocenters. The Morgan fingerprint density at radius 2 is 1.89 bits per heavy atom. The van der Waals surface area contributed by atoms with E-state index in [2.05, 4.69) is 43.3 Å². The van der Waals surface area contributed by atoms with Crippen molar-refractivity contribution in [3.8, 4) is 5.75 Å². The molecule has 2 aliphatic rings. The lowest BCUT2D eigenvalue weighted by Crippen LogP contribution is -2.38. The number of hydrogen-bond donors (Lipinski definition) is 0. The molecular weight excluding hydrogens is 462 g/mol. The van der Waals surface area contributed by atoms with Crippen molar-refractivity contribution in [3.63, 3.8) is 0 Å². The number of thioether (sulfide) groups is 1. The molecule has 3 aromatic rings. The van der Waals surface area contributed by atoms with Gasteiger partial charge in [0.25, 0.3) is 0 Å². The van der Waals surface area contributed by atoms with Gasteiger partial charge in [-0.2, -0.15) is 0 Å². The van der Waals surface area contributed by atoms with Gasteiger partial charge >= 0.3 is 0 Å². The summed E-state index contributed by atoms with van der Waals surface area (Å²) in [7, 11) is 1.68. The van der Waals surface area contributed by atoms with E-state index in [1.54, 1.807) is 7.11 Å². The number of Topliss-reactive ketones (excluding diaryl/α,β-unsaturated/α-hetero) is 1. The fourth-order valence-electron chi connectivity index (χ4n) is 4.67. The van der Waals surface area contributed by atoms with Gasteiger partial charge in [0.2, 0.25) is 5.95 Å². The molecule has 2 aromatic heterocycles. The standard InChI is InChI=1S/C26H33N5O3S/c1-18-16-23(19(2)30(18)11-10-20-4-8-22(33-3)9-5-20)24(32)17-35-26-28-27-25(31(26)21-6-7-21)29-12-14-34-15-13-29/h4-5,8-9,16,21H,6-7,10-15,17H2,1-3H3. The Morgan fingerprint density at radius 3 is 2.57 bits per heavy atom. The van der Waals surface area contributed by atoms with Crippen molar-refractivity contribution in [1.29, 1.82) is 0 Å². The van der Waals surface area contributed by atoms with E-state index in [1.165, 1.54) is 17.3 Å². The van der Waals surface area contributed by atoms with Crippen LogP contribution in [0, 0.1) is 13.8 Å². The van der Waals surface area contributed by atoms with Gasteiger partial charge in [0, 0.05) is 42.6 Å². The van der Waals surface area contributed by atoms with Gasteiger partial charge in [-0.05, 0) is 56.9 Å². The Balaban J connectivity index is 1.24. The van der Waals surface area contributed by atoms with Crippen molar-refractivity contribution in [1.82, 2.24) is 19.3 Å². The van der Waals surface area contributed by atoms with Crippen LogP contribution in [0.15, 0.2) is 35.5 Å². The number of benzene rings is 1.